The topological polar surface area (TPSA) is 63.8 Å². The highest BCUT2D eigenvalue weighted by Crippen LogP contribution is 2.05. The zero-order chi connectivity index (χ0) is 10.5. The van der Waals surface area contributed by atoms with Gasteiger partial charge in [-0.3, -0.25) is 0 Å². The summed E-state index contributed by atoms with van der Waals surface area (Å²) in [6.07, 6.45) is 6.50. The molecule has 0 spiro atoms. The Balaban J connectivity index is 2.11. The fraction of sp³-hybridized carbons (Fsp3) is 0.300. The second kappa shape index (κ2) is 4.65. The smallest absolute Gasteiger partial charge is 0.155 e. The molecule has 5 nitrogen and oxygen atoms in total. The van der Waals surface area contributed by atoms with E-state index in [-0.39, 0.29) is 6.61 Å². The molecule has 0 amide bonds. The van der Waals surface area contributed by atoms with Crippen LogP contribution in [0.15, 0.2) is 31.0 Å². The fourth-order valence-electron chi connectivity index (χ4n) is 1.31. The van der Waals surface area contributed by atoms with Crippen molar-refractivity contribution in [3.8, 4) is 5.82 Å². The highest BCUT2D eigenvalue weighted by molar-refractivity contribution is 5.23. The molecular formula is C10H12N4O. The van der Waals surface area contributed by atoms with Crippen LogP contribution in [0.1, 0.15) is 12.0 Å². The van der Waals surface area contributed by atoms with Crippen molar-refractivity contribution in [1.82, 2.24) is 19.7 Å². The molecule has 1 N–H and O–H groups in total. The van der Waals surface area contributed by atoms with Gasteiger partial charge in [0.05, 0.1) is 0 Å². The van der Waals surface area contributed by atoms with E-state index in [0.717, 1.165) is 24.2 Å². The number of aliphatic hydroxyl groups excluding tert-OH is 1. The van der Waals surface area contributed by atoms with Gasteiger partial charge in [0.25, 0.3) is 0 Å². The number of hydrogen-bond acceptors (Lipinski definition) is 4. The third kappa shape index (κ3) is 2.38. The maximum Gasteiger partial charge on any atom is 0.155 e. The quantitative estimate of drug-likeness (QED) is 0.791. The van der Waals surface area contributed by atoms with Crippen molar-refractivity contribution >= 4 is 0 Å². The van der Waals surface area contributed by atoms with Gasteiger partial charge in [-0.05, 0) is 24.5 Å². The molecule has 2 aromatic heterocycles. The lowest BCUT2D eigenvalue weighted by atomic mass is 10.2. The first kappa shape index (κ1) is 9.79. The molecule has 0 atom stereocenters. The number of nitrogens with zero attached hydrogens (tertiary/aromatic N) is 4. The standard InChI is InChI=1S/C10H12N4O/c15-5-1-2-9-3-4-10(12-6-9)14-8-11-7-13-14/h3-4,6-8,15H,1-2,5H2. The first-order chi connectivity index (χ1) is 7.40. The lowest BCUT2D eigenvalue weighted by Crippen LogP contribution is -1.98. The molecule has 0 fully saturated rings. The van der Waals surface area contributed by atoms with E-state index in [9.17, 15) is 0 Å². The average molecular weight is 204 g/mol. The van der Waals surface area contributed by atoms with Crippen LogP contribution in [-0.4, -0.2) is 31.5 Å². The van der Waals surface area contributed by atoms with Gasteiger partial charge in [-0.1, -0.05) is 6.07 Å². The van der Waals surface area contributed by atoms with E-state index in [2.05, 4.69) is 15.1 Å². The molecule has 0 bridgehead atoms. The first-order valence-corrected chi connectivity index (χ1v) is 4.81. The Kier molecular flexibility index (Phi) is 3.04. The number of aryl methyl sites for hydroxylation is 1. The largest absolute Gasteiger partial charge is 0.396 e. The Labute approximate surface area is 87.4 Å². The molecule has 0 aliphatic carbocycles. The molecule has 0 aliphatic heterocycles. The maximum atomic E-state index is 8.69. The van der Waals surface area contributed by atoms with Crippen molar-refractivity contribution in [2.24, 2.45) is 0 Å². The Morgan fingerprint density at radius 1 is 1.33 bits per heavy atom. The van der Waals surface area contributed by atoms with Crippen LogP contribution in [0.25, 0.3) is 5.82 Å². The van der Waals surface area contributed by atoms with Crippen molar-refractivity contribution in [3.63, 3.8) is 0 Å². The molecule has 5 heteroatoms. The number of pyridine rings is 1. The van der Waals surface area contributed by atoms with Gasteiger partial charge in [-0.15, -0.1) is 0 Å². The van der Waals surface area contributed by atoms with Gasteiger partial charge in [0.1, 0.15) is 12.7 Å². The lowest BCUT2D eigenvalue weighted by Gasteiger charge is -2.01. The summed E-state index contributed by atoms with van der Waals surface area (Å²) in [4.78, 5) is 8.10. The van der Waals surface area contributed by atoms with Crippen LogP contribution in [0.4, 0.5) is 0 Å². The molecule has 0 saturated carbocycles. The normalized spacial score (nSPS) is 10.5. The third-order valence-electron chi connectivity index (χ3n) is 2.09. The monoisotopic (exact) mass is 204 g/mol. The van der Waals surface area contributed by atoms with E-state index in [4.69, 9.17) is 5.11 Å². The minimum Gasteiger partial charge on any atom is -0.396 e. The highest BCUT2D eigenvalue weighted by Gasteiger charge is 1.98. The van der Waals surface area contributed by atoms with Crippen molar-refractivity contribution < 1.29 is 5.11 Å². The SMILES string of the molecule is OCCCc1ccc(-n2cncn2)nc1. The van der Waals surface area contributed by atoms with E-state index >= 15 is 0 Å². The Bertz CT molecular complexity index is 396. The van der Waals surface area contributed by atoms with Crippen molar-refractivity contribution in [2.75, 3.05) is 6.61 Å². The summed E-state index contributed by atoms with van der Waals surface area (Å²) in [6.45, 7) is 0.213. The predicted octanol–water partition coefficient (Wildman–Crippen LogP) is 0.587. The number of rotatable bonds is 4. The van der Waals surface area contributed by atoms with E-state index in [1.807, 2.05) is 12.1 Å². The average Bonchev–Trinajstić information content (AvgIpc) is 2.80. The summed E-state index contributed by atoms with van der Waals surface area (Å²) < 4.78 is 1.61. The third-order valence-corrected chi connectivity index (χ3v) is 2.09. The molecule has 0 aliphatic rings. The summed E-state index contributed by atoms with van der Waals surface area (Å²) in [6, 6.07) is 3.88. The summed E-state index contributed by atoms with van der Waals surface area (Å²) in [7, 11) is 0. The summed E-state index contributed by atoms with van der Waals surface area (Å²) in [5, 5.41) is 12.7. The van der Waals surface area contributed by atoms with Crippen LogP contribution in [0.5, 0.6) is 0 Å². The number of hydrogen-bond donors (Lipinski definition) is 1. The number of aliphatic hydroxyl groups is 1. The van der Waals surface area contributed by atoms with Crippen LogP contribution in [0.3, 0.4) is 0 Å². The van der Waals surface area contributed by atoms with Crippen LogP contribution in [0, 0.1) is 0 Å². The van der Waals surface area contributed by atoms with Gasteiger partial charge in [-0.2, -0.15) is 5.10 Å². The van der Waals surface area contributed by atoms with Crippen molar-refractivity contribution in [2.45, 2.75) is 12.8 Å². The second-order valence-corrected chi connectivity index (χ2v) is 3.19. The van der Waals surface area contributed by atoms with E-state index in [1.54, 1.807) is 17.2 Å². The van der Waals surface area contributed by atoms with Gasteiger partial charge in [-0.25, -0.2) is 14.6 Å². The predicted molar refractivity (Wildman–Crippen MR) is 54.6 cm³/mol. The van der Waals surface area contributed by atoms with Gasteiger partial charge in [0.2, 0.25) is 0 Å². The maximum absolute atomic E-state index is 8.69. The van der Waals surface area contributed by atoms with Gasteiger partial charge >= 0.3 is 0 Å². The van der Waals surface area contributed by atoms with Crippen LogP contribution < -0.4 is 0 Å². The highest BCUT2D eigenvalue weighted by atomic mass is 16.2. The molecule has 0 aromatic carbocycles. The van der Waals surface area contributed by atoms with Crippen molar-refractivity contribution in [1.29, 1.82) is 0 Å². The van der Waals surface area contributed by atoms with Crippen molar-refractivity contribution in [3.05, 3.63) is 36.5 Å². The minimum atomic E-state index is 0.213. The lowest BCUT2D eigenvalue weighted by molar-refractivity contribution is 0.288. The minimum absolute atomic E-state index is 0.213. The molecule has 2 heterocycles. The summed E-state index contributed by atoms with van der Waals surface area (Å²) in [5.74, 6) is 0.750. The van der Waals surface area contributed by atoms with Gasteiger partial charge in [0, 0.05) is 12.8 Å². The van der Waals surface area contributed by atoms with Gasteiger partial charge in [0.15, 0.2) is 5.82 Å². The molecule has 0 saturated heterocycles. The Morgan fingerprint density at radius 3 is 2.87 bits per heavy atom. The molecule has 0 radical (unpaired) electrons. The molecule has 15 heavy (non-hydrogen) atoms. The fourth-order valence-corrected chi connectivity index (χ4v) is 1.31. The molecule has 78 valence electrons. The van der Waals surface area contributed by atoms with E-state index in [1.165, 1.54) is 6.33 Å². The van der Waals surface area contributed by atoms with Gasteiger partial charge < -0.3 is 5.11 Å². The Hall–Kier alpha value is -1.75. The molecular weight excluding hydrogens is 192 g/mol. The van der Waals surface area contributed by atoms with E-state index < -0.39 is 0 Å². The zero-order valence-electron chi connectivity index (χ0n) is 8.24. The molecule has 2 rings (SSSR count). The van der Waals surface area contributed by atoms with Crippen LogP contribution >= 0.6 is 0 Å². The summed E-state index contributed by atoms with van der Waals surface area (Å²) >= 11 is 0. The molecule has 2 aromatic rings. The van der Waals surface area contributed by atoms with E-state index in [0.29, 0.717) is 0 Å². The summed E-state index contributed by atoms with van der Waals surface area (Å²) in [5.41, 5.74) is 1.12. The van der Waals surface area contributed by atoms with Crippen LogP contribution in [-0.2, 0) is 6.42 Å². The Morgan fingerprint density at radius 2 is 2.27 bits per heavy atom. The second-order valence-electron chi connectivity index (χ2n) is 3.19. The zero-order valence-corrected chi connectivity index (χ0v) is 8.24. The molecule has 0 unspecified atom stereocenters. The number of aromatic nitrogens is 4. The van der Waals surface area contributed by atoms with Crippen LogP contribution in [0.2, 0.25) is 0 Å². The first-order valence-electron chi connectivity index (χ1n) is 4.81.